The second kappa shape index (κ2) is 20.3. The zero-order chi connectivity index (χ0) is 45.2. The van der Waals surface area contributed by atoms with Crippen LogP contribution < -0.4 is 29.6 Å². The van der Waals surface area contributed by atoms with E-state index in [1.165, 1.54) is 0 Å². The lowest BCUT2D eigenvalue weighted by atomic mass is 9.70. The van der Waals surface area contributed by atoms with Crippen molar-refractivity contribution in [3.8, 4) is 23.0 Å². The van der Waals surface area contributed by atoms with Crippen molar-refractivity contribution in [1.82, 2.24) is 10.6 Å². The Balaban J connectivity index is 1.33. The molecule has 0 spiro atoms. The number of hydrogen-bond acceptors (Lipinski definition) is 8. The minimum atomic E-state index is -1.80. The molecule has 0 bridgehead atoms. The Hall–Kier alpha value is -6.62. The molecule has 6 aromatic rings. The summed E-state index contributed by atoms with van der Waals surface area (Å²) in [5.41, 5.74) is -1.30. The quantitative estimate of drug-likeness (QED) is 0.0635. The number of aliphatic hydroxyl groups is 2. The second-order valence-electron chi connectivity index (χ2n) is 16.5. The van der Waals surface area contributed by atoms with E-state index in [1.807, 2.05) is 60.7 Å². The third-order valence-electron chi connectivity index (χ3n) is 12.9. The molecule has 2 atom stereocenters. The maximum atomic E-state index is 15.5. The van der Waals surface area contributed by atoms with Crippen LogP contribution in [0.3, 0.4) is 0 Å². The first kappa shape index (κ1) is 45.4. The Labute approximate surface area is 376 Å². The highest BCUT2D eigenvalue weighted by atomic mass is 16.5. The van der Waals surface area contributed by atoms with Crippen molar-refractivity contribution in [2.75, 3.05) is 28.4 Å². The van der Waals surface area contributed by atoms with Crippen molar-refractivity contribution in [1.29, 1.82) is 0 Å². The van der Waals surface area contributed by atoms with Gasteiger partial charge in [-0.15, -0.1) is 0 Å². The molecule has 1 saturated carbocycles. The van der Waals surface area contributed by atoms with E-state index < -0.39 is 40.5 Å². The van der Waals surface area contributed by atoms with E-state index >= 15 is 9.59 Å². The molecule has 10 heteroatoms. The summed E-state index contributed by atoms with van der Waals surface area (Å²) in [6.07, 6.45) is 3.12. The highest BCUT2D eigenvalue weighted by Crippen LogP contribution is 2.42. The van der Waals surface area contributed by atoms with Gasteiger partial charge >= 0.3 is 0 Å². The van der Waals surface area contributed by atoms with Crippen molar-refractivity contribution in [3.05, 3.63) is 191 Å². The molecule has 0 unspecified atom stereocenters. The number of carbonyl (C=O) groups is 2. The van der Waals surface area contributed by atoms with Crippen LogP contribution in [-0.4, -0.2) is 62.6 Å². The lowest BCUT2D eigenvalue weighted by molar-refractivity contribution is -0.149. The fourth-order valence-corrected chi connectivity index (χ4v) is 9.13. The van der Waals surface area contributed by atoms with Crippen LogP contribution in [0.4, 0.5) is 0 Å². The fraction of sp³-hybridized carbons (Fsp3) is 0.296. The van der Waals surface area contributed by atoms with E-state index in [-0.39, 0.29) is 25.7 Å². The largest absolute Gasteiger partial charge is 0.497 e. The summed E-state index contributed by atoms with van der Waals surface area (Å²) >= 11 is 0. The number of amides is 2. The predicted octanol–water partition coefficient (Wildman–Crippen LogP) is 8.30. The van der Waals surface area contributed by atoms with Crippen molar-refractivity contribution < 1.29 is 38.7 Å². The molecular weight excluding hydrogens is 805 g/mol. The van der Waals surface area contributed by atoms with Crippen molar-refractivity contribution in [3.63, 3.8) is 0 Å². The summed E-state index contributed by atoms with van der Waals surface area (Å²) in [5, 5.41) is 33.3. The van der Waals surface area contributed by atoms with Crippen LogP contribution in [0, 0.1) is 5.41 Å². The second-order valence-corrected chi connectivity index (χ2v) is 16.5. The van der Waals surface area contributed by atoms with Crippen molar-refractivity contribution in [2.45, 2.75) is 68.2 Å². The first-order chi connectivity index (χ1) is 31.1. The zero-order valence-electron chi connectivity index (χ0n) is 37.0. The SMILES string of the molecule is COc1ccc(C(O)(c2ccc(OC)cc2)[C@@H](Cc2ccccc2)NC(=O)C2(C(=O)N[C@H](Cc3ccccc3)C(O)(c3ccc(OC)cc3)c3ccc(OC)cc3)CCCCC2)cc1. The number of nitrogens with one attached hydrogen (secondary N) is 2. The van der Waals surface area contributed by atoms with Crippen LogP contribution in [0.5, 0.6) is 23.0 Å². The molecule has 0 aliphatic heterocycles. The van der Waals surface area contributed by atoms with Crippen molar-refractivity contribution in [2.24, 2.45) is 5.41 Å². The van der Waals surface area contributed by atoms with Gasteiger partial charge in [0.2, 0.25) is 11.8 Å². The molecule has 7 rings (SSSR count). The standard InChI is InChI=1S/C54H58N2O8/c1-61-44-26-18-40(19-27-44)53(59,41-20-28-45(62-2)29-21-41)48(36-38-14-8-5-9-15-38)55-50(57)52(34-12-7-13-35-52)51(58)56-49(37-39-16-10-6-11-17-39)54(60,42-22-30-46(63-3)31-23-42)43-24-32-47(64-4)33-25-43/h5-6,8-11,14-33,48-49,59-60H,7,12-13,34-37H2,1-4H3,(H,55,57)(H,56,58)/t48-,49-/m1/s1. The van der Waals surface area contributed by atoms with Gasteiger partial charge < -0.3 is 39.8 Å². The average Bonchev–Trinajstić information content (AvgIpc) is 3.36. The third kappa shape index (κ3) is 9.49. The number of methoxy groups -OCH3 is 4. The maximum absolute atomic E-state index is 15.5. The van der Waals surface area contributed by atoms with Crippen LogP contribution in [0.25, 0.3) is 0 Å². The Kier molecular flexibility index (Phi) is 14.4. The smallest absolute Gasteiger partial charge is 0.236 e. The van der Waals surface area contributed by atoms with Gasteiger partial charge in [-0.1, -0.05) is 128 Å². The van der Waals surface area contributed by atoms with Gasteiger partial charge in [-0.3, -0.25) is 9.59 Å². The van der Waals surface area contributed by atoms with E-state index in [0.717, 1.165) is 17.5 Å². The molecule has 0 saturated heterocycles. The highest BCUT2D eigenvalue weighted by molar-refractivity contribution is 6.05. The molecule has 10 nitrogen and oxygen atoms in total. The Morgan fingerprint density at radius 3 is 1.02 bits per heavy atom. The van der Waals surface area contributed by atoms with Gasteiger partial charge in [0.05, 0.1) is 40.5 Å². The molecule has 2 amide bonds. The van der Waals surface area contributed by atoms with E-state index in [9.17, 15) is 10.2 Å². The third-order valence-corrected chi connectivity index (χ3v) is 12.9. The number of hydrogen-bond donors (Lipinski definition) is 4. The van der Waals surface area contributed by atoms with Gasteiger partial charge in [0.15, 0.2) is 0 Å². The number of benzene rings is 6. The number of rotatable bonds is 18. The van der Waals surface area contributed by atoms with Gasteiger partial charge in [0, 0.05) is 0 Å². The number of carbonyl (C=O) groups excluding carboxylic acids is 2. The Morgan fingerprint density at radius 1 is 0.469 bits per heavy atom. The minimum absolute atomic E-state index is 0.226. The van der Waals surface area contributed by atoms with Gasteiger partial charge in [-0.25, -0.2) is 0 Å². The van der Waals surface area contributed by atoms with E-state index in [1.54, 1.807) is 126 Å². The molecule has 64 heavy (non-hydrogen) atoms. The van der Waals surface area contributed by atoms with Crippen LogP contribution >= 0.6 is 0 Å². The lowest BCUT2D eigenvalue weighted by Gasteiger charge is -2.43. The zero-order valence-corrected chi connectivity index (χ0v) is 37.0. The molecule has 4 N–H and O–H groups in total. The monoisotopic (exact) mass is 862 g/mol. The fourth-order valence-electron chi connectivity index (χ4n) is 9.13. The van der Waals surface area contributed by atoms with E-state index in [4.69, 9.17) is 18.9 Å². The van der Waals surface area contributed by atoms with Crippen LogP contribution in [0.1, 0.15) is 65.5 Å². The topological polar surface area (TPSA) is 136 Å². The summed E-state index contributed by atoms with van der Waals surface area (Å²) < 4.78 is 21.9. The molecule has 0 radical (unpaired) electrons. The normalized spacial score (nSPS) is 14.7. The highest BCUT2D eigenvalue weighted by Gasteiger charge is 2.52. The lowest BCUT2D eigenvalue weighted by Crippen LogP contribution is -2.62. The summed E-state index contributed by atoms with van der Waals surface area (Å²) in [4.78, 5) is 31.1. The molecule has 1 aliphatic rings. The van der Waals surface area contributed by atoms with E-state index in [0.29, 0.717) is 58.1 Å². The Bertz CT molecular complexity index is 2160. The van der Waals surface area contributed by atoms with Crippen LogP contribution in [0.15, 0.2) is 158 Å². The van der Waals surface area contributed by atoms with Gasteiger partial charge in [0.25, 0.3) is 0 Å². The molecule has 0 aromatic heterocycles. The molecule has 1 fully saturated rings. The Morgan fingerprint density at radius 2 is 0.750 bits per heavy atom. The summed E-state index contributed by atoms with van der Waals surface area (Å²) in [6, 6.07) is 46.0. The summed E-state index contributed by atoms with van der Waals surface area (Å²) in [5.74, 6) is 1.44. The minimum Gasteiger partial charge on any atom is -0.497 e. The van der Waals surface area contributed by atoms with Crippen molar-refractivity contribution >= 4 is 11.8 Å². The average molecular weight is 863 g/mol. The maximum Gasteiger partial charge on any atom is 0.236 e. The molecule has 0 heterocycles. The molecular formula is C54H58N2O8. The van der Waals surface area contributed by atoms with Gasteiger partial charge in [-0.05, 0) is 108 Å². The predicted molar refractivity (Wildman–Crippen MR) is 248 cm³/mol. The first-order valence-corrected chi connectivity index (χ1v) is 21.8. The summed E-state index contributed by atoms with van der Waals surface area (Å²) in [7, 11) is 6.32. The van der Waals surface area contributed by atoms with E-state index in [2.05, 4.69) is 10.6 Å². The van der Waals surface area contributed by atoms with Gasteiger partial charge in [-0.2, -0.15) is 0 Å². The molecule has 332 valence electrons. The van der Waals surface area contributed by atoms with Crippen LogP contribution in [-0.2, 0) is 33.6 Å². The molecule has 6 aromatic carbocycles. The molecule has 1 aliphatic carbocycles. The van der Waals surface area contributed by atoms with Gasteiger partial charge in [0.1, 0.15) is 39.6 Å². The summed E-state index contributed by atoms with van der Waals surface area (Å²) in [6.45, 7) is 0. The van der Waals surface area contributed by atoms with Crippen LogP contribution in [0.2, 0.25) is 0 Å². The number of ether oxygens (including phenoxy) is 4. The first-order valence-electron chi connectivity index (χ1n) is 21.8.